The lowest BCUT2D eigenvalue weighted by atomic mass is 10.1. The molecule has 1 aliphatic rings. The number of amides is 1. The second kappa shape index (κ2) is 9.68. The first-order valence-corrected chi connectivity index (χ1v) is 13.2. The van der Waals surface area contributed by atoms with Crippen LogP contribution in [0.2, 0.25) is 5.02 Å². The van der Waals surface area contributed by atoms with Crippen molar-refractivity contribution in [1.29, 1.82) is 0 Å². The van der Waals surface area contributed by atoms with Gasteiger partial charge in [0.2, 0.25) is 0 Å². The van der Waals surface area contributed by atoms with Gasteiger partial charge in [0.15, 0.2) is 5.75 Å². The Hall–Kier alpha value is -3.81. The predicted molar refractivity (Wildman–Crippen MR) is 142 cm³/mol. The molecule has 4 aromatic carbocycles. The number of nitrogens with one attached hydrogen (secondary N) is 1. The van der Waals surface area contributed by atoms with E-state index in [-0.39, 0.29) is 16.8 Å². The summed E-state index contributed by atoms with van der Waals surface area (Å²) in [5.41, 5.74) is 2.33. The minimum absolute atomic E-state index is 0.170. The molecular formula is C28H23ClN2O4S. The maximum Gasteiger partial charge on any atom is 0.264 e. The highest BCUT2D eigenvalue weighted by Crippen LogP contribution is 2.38. The third kappa shape index (κ3) is 4.67. The van der Waals surface area contributed by atoms with Gasteiger partial charge < -0.3 is 10.1 Å². The van der Waals surface area contributed by atoms with Gasteiger partial charge in [0, 0.05) is 16.6 Å². The van der Waals surface area contributed by atoms with Crippen LogP contribution in [-0.4, -0.2) is 20.4 Å². The molecule has 0 saturated carbocycles. The van der Waals surface area contributed by atoms with E-state index in [2.05, 4.69) is 5.32 Å². The van der Waals surface area contributed by atoms with Crippen molar-refractivity contribution in [2.45, 2.75) is 24.3 Å². The second-order valence-electron chi connectivity index (χ2n) is 8.52. The predicted octanol–water partition coefficient (Wildman–Crippen LogP) is 6.52. The highest BCUT2D eigenvalue weighted by atomic mass is 35.5. The van der Waals surface area contributed by atoms with Crippen molar-refractivity contribution in [3.05, 3.63) is 113 Å². The largest absolute Gasteiger partial charge is 0.455 e. The number of hydrogen-bond donors (Lipinski definition) is 1. The molecule has 182 valence electrons. The van der Waals surface area contributed by atoms with Gasteiger partial charge in [-0.15, -0.1) is 0 Å². The summed E-state index contributed by atoms with van der Waals surface area (Å²) in [5.74, 6) is 0.869. The number of carbonyl (C=O) groups excluding carboxylic acids is 1. The Morgan fingerprint density at radius 1 is 0.944 bits per heavy atom. The zero-order valence-corrected chi connectivity index (χ0v) is 21.0. The molecule has 0 unspecified atom stereocenters. The number of ether oxygens (including phenoxy) is 1. The Kier molecular flexibility index (Phi) is 6.43. The number of rotatable bonds is 6. The summed E-state index contributed by atoms with van der Waals surface area (Å²) in [5, 5.41) is 3.38. The molecule has 0 saturated heterocycles. The van der Waals surface area contributed by atoms with E-state index in [4.69, 9.17) is 16.3 Å². The molecule has 8 heteroatoms. The molecule has 6 nitrogen and oxygen atoms in total. The van der Waals surface area contributed by atoms with Gasteiger partial charge in [-0.3, -0.25) is 9.10 Å². The summed E-state index contributed by atoms with van der Waals surface area (Å²) in [7, 11) is -3.78. The van der Waals surface area contributed by atoms with Crippen LogP contribution < -0.4 is 14.4 Å². The minimum atomic E-state index is -3.78. The molecule has 1 aliphatic heterocycles. The summed E-state index contributed by atoms with van der Waals surface area (Å²) in [6.45, 7) is 1.85. The molecule has 1 N–H and O–H groups in total. The van der Waals surface area contributed by atoms with Crippen molar-refractivity contribution >= 4 is 38.9 Å². The molecule has 36 heavy (non-hydrogen) atoms. The van der Waals surface area contributed by atoms with E-state index in [0.717, 1.165) is 5.56 Å². The maximum atomic E-state index is 13.4. The lowest BCUT2D eigenvalue weighted by Gasteiger charge is -2.24. The molecule has 0 aromatic heterocycles. The fourth-order valence-electron chi connectivity index (χ4n) is 4.30. The highest BCUT2D eigenvalue weighted by Gasteiger charge is 2.36. The summed E-state index contributed by atoms with van der Waals surface area (Å²) in [6.07, 6.45) is 0.497. The van der Waals surface area contributed by atoms with E-state index in [1.54, 1.807) is 42.5 Å². The number of anilines is 2. The molecular weight excluding hydrogens is 496 g/mol. The first kappa shape index (κ1) is 23.9. The van der Waals surface area contributed by atoms with Crippen molar-refractivity contribution < 1.29 is 17.9 Å². The third-order valence-electron chi connectivity index (χ3n) is 5.97. The number of nitrogens with zero attached hydrogens (tertiary/aromatic N) is 1. The second-order valence-corrected chi connectivity index (χ2v) is 10.8. The lowest BCUT2D eigenvalue weighted by molar-refractivity contribution is 0.102. The topological polar surface area (TPSA) is 75.7 Å². The van der Waals surface area contributed by atoms with Gasteiger partial charge in [-0.1, -0.05) is 41.9 Å². The smallest absolute Gasteiger partial charge is 0.264 e. The van der Waals surface area contributed by atoms with E-state index in [1.807, 2.05) is 49.4 Å². The summed E-state index contributed by atoms with van der Waals surface area (Å²) < 4.78 is 34.1. The van der Waals surface area contributed by atoms with Crippen LogP contribution in [0.3, 0.4) is 0 Å². The standard InChI is InChI=1S/C28H23ClN2O4S/c1-19-17-21-18-20(11-16-26(21)31(19)36(33,34)24-14-12-22(29)13-15-24)28(32)30-25-9-5-6-10-27(25)35-23-7-3-2-4-8-23/h2-16,18-19H,17H2,1H3,(H,30,32)/t19-/m1/s1. The van der Waals surface area contributed by atoms with Gasteiger partial charge in [0.05, 0.1) is 16.3 Å². The Labute approximate surface area is 215 Å². The van der Waals surface area contributed by atoms with Crippen LogP contribution in [0.15, 0.2) is 102 Å². The number of halogens is 1. The van der Waals surface area contributed by atoms with Crippen LogP contribution in [0.1, 0.15) is 22.8 Å². The number of hydrogen-bond acceptors (Lipinski definition) is 4. The van der Waals surface area contributed by atoms with Gasteiger partial charge in [-0.25, -0.2) is 8.42 Å². The molecule has 0 radical (unpaired) electrons. The van der Waals surface area contributed by atoms with Gasteiger partial charge in [0.25, 0.3) is 15.9 Å². The number of fused-ring (bicyclic) bond motifs is 1. The molecule has 0 spiro atoms. The Morgan fingerprint density at radius 3 is 2.39 bits per heavy atom. The van der Waals surface area contributed by atoms with Gasteiger partial charge in [-0.05, 0) is 85.6 Å². The SMILES string of the molecule is C[C@@H]1Cc2cc(C(=O)Nc3ccccc3Oc3ccccc3)ccc2N1S(=O)(=O)c1ccc(Cl)cc1. The summed E-state index contributed by atoms with van der Waals surface area (Å²) in [4.78, 5) is 13.3. The zero-order valence-electron chi connectivity index (χ0n) is 19.4. The highest BCUT2D eigenvalue weighted by molar-refractivity contribution is 7.92. The van der Waals surface area contributed by atoms with Gasteiger partial charge in [-0.2, -0.15) is 0 Å². The Bertz CT molecular complexity index is 1520. The van der Waals surface area contributed by atoms with E-state index >= 15 is 0 Å². The first-order chi connectivity index (χ1) is 17.3. The molecule has 1 heterocycles. The van der Waals surface area contributed by atoms with Crippen molar-refractivity contribution in [2.75, 3.05) is 9.62 Å². The van der Waals surface area contributed by atoms with Gasteiger partial charge >= 0.3 is 0 Å². The molecule has 0 aliphatic carbocycles. The molecule has 0 bridgehead atoms. The average Bonchev–Trinajstić information content (AvgIpc) is 3.21. The van der Waals surface area contributed by atoms with E-state index in [9.17, 15) is 13.2 Å². The van der Waals surface area contributed by atoms with Crippen LogP contribution >= 0.6 is 11.6 Å². The molecule has 1 atom stereocenters. The van der Waals surface area contributed by atoms with Crippen molar-refractivity contribution in [1.82, 2.24) is 0 Å². The zero-order chi connectivity index (χ0) is 25.3. The van der Waals surface area contributed by atoms with Crippen LogP contribution in [0.25, 0.3) is 0 Å². The monoisotopic (exact) mass is 518 g/mol. The Morgan fingerprint density at radius 2 is 1.64 bits per heavy atom. The van der Waals surface area contributed by atoms with Crippen molar-refractivity contribution in [2.24, 2.45) is 0 Å². The van der Waals surface area contributed by atoms with E-state index in [0.29, 0.717) is 39.9 Å². The van der Waals surface area contributed by atoms with Crippen LogP contribution in [-0.2, 0) is 16.4 Å². The number of para-hydroxylation sites is 3. The van der Waals surface area contributed by atoms with Gasteiger partial charge in [0.1, 0.15) is 5.75 Å². The van der Waals surface area contributed by atoms with E-state index in [1.165, 1.54) is 16.4 Å². The average molecular weight is 519 g/mol. The fourth-order valence-corrected chi connectivity index (χ4v) is 6.12. The van der Waals surface area contributed by atoms with E-state index < -0.39 is 10.0 Å². The summed E-state index contributed by atoms with van der Waals surface area (Å²) >= 11 is 5.93. The first-order valence-electron chi connectivity index (χ1n) is 11.4. The summed E-state index contributed by atoms with van der Waals surface area (Å²) in [6, 6.07) is 27.4. The third-order valence-corrected chi connectivity index (χ3v) is 8.17. The number of benzene rings is 4. The van der Waals surface area contributed by atoms with Crippen LogP contribution in [0, 0.1) is 0 Å². The van der Waals surface area contributed by atoms with Crippen molar-refractivity contribution in [3.63, 3.8) is 0 Å². The Balaban J connectivity index is 1.39. The van der Waals surface area contributed by atoms with Crippen molar-refractivity contribution in [3.8, 4) is 11.5 Å². The molecule has 5 rings (SSSR count). The quantitative estimate of drug-likeness (QED) is 0.315. The lowest BCUT2D eigenvalue weighted by Crippen LogP contribution is -2.35. The number of carbonyl (C=O) groups is 1. The molecule has 4 aromatic rings. The van der Waals surface area contributed by atoms with Crippen LogP contribution in [0.4, 0.5) is 11.4 Å². The fraction of sp³-hybridized carbons (Fsp3) is 0.107. The molecule has 0 fully saturated rings. The maximum absolute atomic E-state index is 13.4. The number of sulfonamides is 1. The normalized spacial score (nSPS) is 14.8. The molecule has 1 amide bonds. The van der Waals surface area contributed by atoms with Crippen LogP contribution in [0.5, 0.6) is 11.5 Å². The minimum Gasteiger partial charge on any atom is -0.455 e.